The van der Waals surface area contributed by atoms with Gasteiger partial charge in [0.15, 0.2) is 0 Å². The summed E-state index contributed by atoms with van der Waals surface area (Å²) in [6.45, 7) is 5.58. The minimum Gasteiger partial charge on any atom is -0.335 e. The molecule has 0 radical (unpaired) electrons. The Morgan fingerprint density at radius 3 is 2.52 bits per heavy atom. The van der Waals surface area contributed by atoms with Gasteiger partial charge in [-0.25, -0.2) is 0 Å². The van der Waals surface area contributed by atoms with Crippen LogP contribution in [0, 0.1) is 6.92 Å². The van der Waals surface area contributed by atoms with Crippen LogP contribution in [0.3, 0.4) is 0 Å². The number of carbonyl (C=O) groups excluding carboxylic acids is 2. The molecule has 9 heteroatoms. The first-order valence-corrected chi connectivity index (χ1v) is 11.0. The summed E-state index contributed by atoms with van der Waals surface area (Å²) in [5.74, 6) is -0.144. The van der Waals surface area contributed by atoms with Gasteiger partial charge >= 0.3 is 0 Å². The minimum atomic E-state index is -0.246. The molecule has 150 valence electrons. The topological polar surface area (TPSA) is 78.4 Å². The second-order valence-corrected chi connectivity index (χ2v) is 8.88. The molecule has 1 aliphatic rings. The summed E-state index contributed by atoms with van der Waals surface area (Å²) in [6.07, 6.45) is 0. The van der Waals surface area contributed by atoms with E-state index in [0.717, 1.165) is 34.2 Å². The molecule has 0 aliphatic carbocycles. The lowest BCUT2D eigenvalue weighted by atomic mass is 10.2. The SMILES string of the molecule is Cc1ccc(NC(=O)c2nnc(CN3CCN(C(=O)c4cccs4)CC3)s2)cc1. The number of amides is 2. The maximum absolute atomic E-state index is 12.4. The molecule has 2 amide bonds. The van der Waals surface area contributed by atoms with Gasteiger partial charge in [-0.05, 0) is 30.5 Å². The molecule has 0 unspecified atom stereocenters. The lowest BCUT2D eigenvalue weighted by Crippen LogP contribution is -2.48. The standard InChI is InChI=1S/C20H21N5O2S2/c1-14-4-6-15(7-5-14)21-18(26)19-23-22-17(29-19)13-24-8-10-25(11-9-24)20(27)16-3-2-12-28-16/h2-7,12H,8-11,13H2,1H3,(H,21,26). The first kappa shape index (κ1) is 19.7. The quantitative estimate of drug-likeness (QED) is 0.677. The van der Waals surface area contributed by atoms with Crippen molar-refractivity contribution in [2.75, 3.05) is 31.5 Å². The summed E-state index contributed by atoms with van der Waals surface area (Å²) in [5, 5.41) is 14.1. The molecule has 0 saturated carbocycles. The third-order valence-corrected chi connectivity index (χ3v) is 6.49. The zero-order chi connectivity index (χ0) is 20.2. The van der Waals surface area contributed by atoms with E-state index in [1.54, 1.807) is 0 Å². The predicted octanol–water partition coefficient (Wildman–Crippen LogP) is 3.12. The second-order valence-electron chi connectivity index (χ2n) is 6.87. The lowest BCUT2D eigenvalue weighted by molar-refractivity contribution is 0.0633. The van der Waals surface area contributed by atoms with Gasteiger partial charge in [-0.3, -0.25) is 14.5 Å². The molecule has 1 aliphatic heterocycles. The van der Waals surface area contributed by atoms with Gasteiger partial charge in [0.2, 0.25) is 5.01 Å². The molecule has 7 nitrogen and oxygen atoms in total. The molecule has 0 bridgehead atoms. The Balaban J connectivity index is 1.29. The molecule has 1 saturated heterocycles. The summed E-state index contributed by atoms with van der Waals surface area (Å²) in [4.78, 5) is 29.7. The molecule has 4 rings (SSSR count). The van der Waals surface area contributed by atoms with Crippen LogP contribution in [0.1, 0.15) is 30.0 Å². The zero-order valence-corrected chi connectivity index (χ0v) is 17.6. The van der Waals surface area contributed by atoms with E-state index in [-0.39, 0.29) is 11.8 Å². The average Bonchev–Trinajstić information content (AvgIpc) is 3.42. The molecule has 1 N–H and O–H groups in total. The Labute approximate surface area is 177 Å². The van der Waals surface area contributed by atoms with E-state index < -0.39 is 0 Å². The summed E-state index contributed by atoms with van der Waals surface area (Å²) < 4.78 is 0. The predicted molar refractivity (Wildman–Crippen MR) is 115 cm³/mol. The lowest BCUT2D eigenvalue weighted by Gasteiger charge is -2.33. The van der Waals surface area contributed by atoms with E-state index in [1.807, 2.05) is 53.6 Å². The number of aromatic nitrogens is 2. The monoisotopic (exact) mass is 427 g/mol. The fraction of sp³-hybridized carbons (Fsp3) is 0.300. The van der Waals surface area contributed by atoms with Gasteiger partial charge in [-0.1, -0.05) is 35.1 Å². The van der Waals surface area contributed by atoms with Crippen LogP contribution in [0.2, 0.25) is 0 Å². The minimum absolute atomic E-state index is 0.102. The maximum Gasteiger partial charge on any atom is 0.286 e. The number of anilines is 1. The van der Waals surface area contributed by atoms with Crippen LogP contribution in [-0.4, -0.2) is 58.0 Å². The molecule has 29 heavy (non-hydrogen) atoms. The molecule has 3 heterocycles. The molecule has 3 aromatic rings. The van der Waals surface area contributed by atoms with Crippen molar-refractivity contribution < 1.29 is 9.59 Å². The van der Waals surface area contributed by atoms with Crippen LogP contribution in [0.15, 0.2) is 41.8 Å². The van der Waals surface area contributed by atoms with Crippen molar-refractivity contribution in [3.63, 3.8) is 0 Å². The van der Waals surface area contributed by atoms with Gasteiger partial charge in [-0.15, -0.1) is 21.5 Å². The second kappa shape index (κ2) is 8.81. The molecular weight excluding hydrogens is 406 g/mol. The molecule has 1 aromatic carbocycles. The van der Waals surface area contributed by atoms with Crippen LogP contribution >= 0.6 is 22.7 Å². The highest BCUT2D eigenvalue weighted by molar-refractivity contribution is 7.13. The van der Waals surface area contributed by atoms with Crippen LogP contribution in [0.4, 0.5) is 5.69 Å². The van der Waals surface area contributed by atoms with Gasteiger partial charge in [0.1, 0.15) is 5.01 Å². The largest absolute Gasteiger partial charge is 0.335 e. The number of nitrogens with one attached hydrogen (secondary N) is 1. The van der Waals surface area contributed by atoms with Crippen molar-refractivity contribution in [1.82, 2.24) is 20.0 Å². The van der Waals surface area contributed by atoms with E-state index in [2.05, 4.69) is 20.4 Å². The number of hydrogen-bond donors (Lipinski definition) is 1. The zero-order valence-electron chi connectivity index (χ0n) is 16.0. The Morgan fingerprint density at radius 1 is 1.07 bits per heavy atom. The number of aryl methyl sites for hydroxylation is 1. The van der Waals surface area contributed by atoms with Gasteiger partial charge in [-0.2, -0.15) is 0 Å². The summed E-state index contributed by atoms with van der Waals surface area (Å²) in [6, 6.07) is 11.4. The summed E-state index contributed by atoms with van der Waals surface area (Å²) in [5.41, 5.74) is 1.88. The number of carbonyl (C=O) groups is 2. The van der Waals surface area contributed by atoms with Crippen LogP contribution < -0.4 is 5.32 Å². The summed E-state index contributed by atoms with van der Waals surface area (Å²) in [7, 11) is 0. The van der Waals surface area contributed by atoms with Crippen molar-refractivity contribution >= 4 is 40.2 Å². The Kier molecular flexibility index (Phi) is 5.98. The van der Waals surface area contributed by atoms with Crippen molar-refractivity contribution in [3.05, 3.63) is 62.2 Å². The molecular formula is C20H21N5O2S2. The molecule has 0 atom stereocenters. The maximum atomic E-state index is 12.4. The molecule has 2 aromatic heterocycles. The van der Waals surface area contributed by atoms with E-state index in [9.17, 15) is 9.59 Å². The number of benzene rings is 1. The van der Waals surface area contributed by atoms with E-state index >= 15 is 0 Å². The first-order chi connectivity index (χ1) is 14.1. The summed E-state index contributed by atoms with van der Waals surface area (Å²) >= 11 is 2.78. The Bertz CT molecular complexity index is 977. The van der Waals surface area contributed by atoms with Crippen molar-refractivity contribution in [1.29, 1.82) is 0 Å². The molecule has 1 fully saturated rings. The van der Waals surface area contributed by atoms with Crippen LogP contribution in [0.25, 0.3) is 0 Å². The smallest absolute Gasteiger partial charge is 0.286 e. The van der Waals surface area contributed by atoms with Crippen molar-refractivity contribution in [3.8, 4) is 0 Å². The van der Waals surface area contributed by atoms with Crippen molar-refractivity contribution in [2.45, 2.75) is 13.5 Å². The Morgan fingerprint density at radius 2 is 1.83 bits per heavy atom. The number of piperazine rings is 1. The van der Waals surface area contributed by atoms with Crippen molar-refractivity contribution in [2.24, 2.45) is 0 Å². The number of hydrogen-bond acceptors (Lipinski definition) is 7. The number of nitrogens with zero attached hydrogens (tertiary/aromatic N) is 4. The van der Waals surface area contributed by atoms with Gasteiger partial charge in [0, 0.05) is 31.9 Å². The fourth-order valence-electron chi connectivity index (χ4n) is 3.09. The number of rotatable bonds is 5. The first-order valence-electron chi connectivity index (χ1n) is 9.34. The number of thiophene rings is 1. The van der Waals surface area contributed by atoms with E-state index in [0.29, 0.717) is 24.6 Å². The average molecular weight is 428 g/mol. The van der Waals surface area contributed by atoms with Crippen LogP contribution in [-0.2, 0) is 6.54 Å². The van der Waals surface area contributed by atoms with Gasteiger partial charge in [0.05, 0.1) is 11.4 Å². The fourth-order valence-corrected chi connectivity index (χ4v) is 4.56. The van der Waals surface area contributed by atoms with Gasteiger partial charge < -0.3 is 10.2 Å². The Hall–Kier alpha value is -2.62. The third-order valence-electron chi connectivity index (χ3n) is 4.72. The van der Waals surface area contributed by atoms with E-state index in [1.165, 1.54) is 22.7 Å². The highest BCUT2D eigenvalue weighted by Crippen LogP contribution is 2.18. The van der Waals surface area contributed by atoms with Gasteiger partial charge in [0.25, 0.3) is 11.8 Å². The normalized spacial score (nSPS) is 14.7. The van der Waals surface area contributed by atoms with E-state index in [4.69, 9.17) is 0 Å². The molecule has 0 spiro atoms. The highest BCUT2D eigenvalue weighted by Gasteiger charge is 2.24. The highest BCUT2D eigenvalue weighted by atomic mass is 32.1. The third kappa shape index (κ3) is 4.87. The van der Waals surface area contributed by atoms with Crippen LogP contribution in [0.5, 0.6) is 0 Å².